The Morgan fingerprint density at radius 2 is 1.89 bits per heavy atom. The molecule has 0 radical (unpaired) electrons. The van der Waals surface area contributed by atoms with Crippen molar-refractivity contribution in [2.45, 2.75) is 24.5 Å². The number of imidazole rings is 1. The van der Waals surface area contributed by atoms with Gasteiger partial charge in [0.2, 0.25) is 0 Å². The number of nitrogens with two attached hydrogens (primary N) is 1. The summed E-state index contributed by atoms with van der Waals surface area (Å²) in [6.07, 6.45) is -2.68. The van der Waals surface area contributed by atoms with Crippen molar-refractivity contribution in [1.29, 1.82) is 0 Å². The minimum atomic E-state index is -4.19. The summed E-state index contributed by atoms with van der Waals surface area (Å²) in [4.78, 5) is 49.3. The van der Waals surface area contributed by atoms with Crippen LogP contribution in [0.25, 0.3) is 11.2 Å². The fourth-order valence-electron chi connectivity index (χ4n) is 2.58. The summed E-state index contributed by atoms with van der Waals surface area (Å²) in [7, 11) is 0. The maximum atomic E-state index is 10.4. The number of rotatable bonds is 6. The van der Waals surface area contributed by atoms with Gasteiger partial charge in [0.15, 0.2) is 17.7 Å². The Balaban J connectivity index is 1.95. The van der Waals surface area contributed by atoms with E-state index in [-0.39, 0.29) is 17.0 Å². The summed E-state index contributed by atoms with van der Waals surface area (Å²) in [5.41, 5.74) is 6.21. The van der Waals surface area contributed by atoms with Crippen molar-refractivity contribution in [3.05, 3.63) is 12.7 Å². The number of nitrogens with zero attached hydrogens (tertiary/aromatic N) is 4. The smallest absolute Gasteiger partial charge is 0.322 e. The van der Waals surface area contributed by atoms with Crippen LogP contribution in [0.15, 0.2) is 12.7 Å². The van der Waals surface area contributed by atoms with Gasteiger partial charge < -0.3 is 39.7 Å². The first-order chi connectivity index (χ1) is 12.5. The van der Waals surface area contributed by atoms with Crippen LogP contribution in [-0.2, 0) is 37.4 Å². The van der Waals surface area contributed by atoms with E-state index in [2.05, 4.69) is 38.6 Å². The molecule has 150 valence electrons. The van der Waals surface area contributed by atoms with Crippen LogP contribution in [0.2, 0.25) is 0 Å². The van der Waals surface area contributed by atoms with Crippen molar-refractivity contribution >= 4 is 54.0 Å². The number of hydrogen-bond donors (Lipinski definition) is 6. The molecule has 0 unspecified atom stereocenters. The second-order valence-electron chi connectivity index (χ2n) is 5.49. The van der Waals surface area contributed by atoms with Crippen LogP contribution < -0.4 is 5.73 Å². The fourth-order valence-corrected chi connectivity index (χ4v) is 3.95. The Morgan fingerprint density at radius 1 is 1.19 bits per heavy atom. The molecular formula is C10H15N5O8P2S2. The van der Waals surface area contributed by atoms with Crippen molar-refractivity contribution in [3.8, 4) is 0 Å². The molecule has 0 spiro atoms. The van der Waals surface area contributed by atoms with Gasteiger partial charge >= 0.3 is 13.4 Å². The Morgan fingerprint density at radius 3 is 2.52 bits per heavy atom. The zero-order valence-corrected chi connectivity index (χ0v) is 16.6. The van der Waals surface area contributed by atoms with Gasteiger partial charge in [0.25, 0.3) is 0 Å². The minimum Gasteiger partial charge on any atom is -0.387 e. The summed E-state index contributed by atoms with van der Waals surface area (Å²) in [5, 5.41) is 10.4. The lowest BCUT2D eigenvalue weighted by atomic mass is 10.1. The molecule has 1 aliphatic heterocycles. The molecule has 0 bridgehead atoms. The molecule has 27 heavy (non-hydrogen) atoms. The van der Waals surface area contributed by atoms with E-state index in [1.54, 1.807) is 0 Å². The number of aliphatic hydroxyl groups is 1. The maximum Gasteiger partial charge on any atom is 0.322 e. The Labute approximate surface area is 161 Å². The van der Waals surface area contributed by atoms with Crippen LogP contribution in [0, 0.1) is 0 Å². The van der Waals surface area contributed by atoms with Crippen molar-refractivity contribution in [2.24, 2.45) is 0 Å². The quantitative estimate of drug-likeness (QED) is 0.272. The van der Waals surface area contributed by atoms with E-state index in [0.717, 1.165) is 0 Å². The third-order valence-electron chi connectivity index (χ3n) is 3.64. The second-order valence-corrected chi connectivity index (χ2v) is 10.8. The molecule has 17 heteroatoms. The molecule has 1 saturated heterocycles. The predicted molar refractivity (Wildman–Crippen MR) is 97.9 cm³/mol. The van der Waals surface area contributed by atoms with Crippen molar-refractivity contribution in [1.82, 2.24) is 19.5 Å². The first kappa shape index (κ1) is 21.0. The topological polar surface area (TPSA) is 198 Å². The van der Waals surface area contributed by atoms with E-state index in [0.29, 0.717) is 0 Å². The molecule has 2 aromatic heterocycles. The monoisotopic (exact) mass is 459 g/mol. The molecule has 3 heterocycles. The summed E-state index contributed by atoms with van der Waals surface area (Å²) in [5.74, 6) is 0.102. The highest BCUT2D eigenvalue weighted by molar-refractivity contribution is 8.07. The first-order valence-electron chi connectivity index (χ1n) is 7.17. The number of aromatic nitrogens is 4. The second kappa shape index (κ2) is 7.63. The average Bonchev–Trinajstić information content (AvgIpc) is 3.07. The molecule has 3 rings (SSSR count). The third kappa shape index (κ3) is 4.85. The minimum absolute atomic E-state index is 0.102. The summed E-state index contributed by atoms with van der Waals surface area (Å²) < 4.78 is 16.7. The Hall–Kier alpha value is -0.670. The lowest BCUT2D eigenvalue weighted by Crippen LogP contribution is -2.35. The van der Waals surface area contributed by atoms with Crippen LogP contribution in [0.5, 0.6) is 0 Å². The molecule has 1 aliphatic rings. The zero-order chi connectivity index (χ0) is 20.0. The van der Waals surface area contributed by atoms with Gasteiger partial charge in [-0.05, 0) is 23.6 Å². The SMILES string of the molecule is Nc1ncnc2c1ncn2[C@@H]1O[C@H](COP(O)(O)=S)[C@@H](O)[C@H]1OP(O)(O)=S. The molecule has 0 saturated carbocycles. The lowest BCUT2D eigenvalue weighted by molar-refractivity contribution is -0.0468. The number of anilines is 1. The van der Waals surface area contributed by atoms with Gasteiger partial charge in [-0.1, -0.05) is 0 Å². The fraction of sp³-hybridized carbons (Fsp3) is 0.500. The molecule has 4 atom stereocenters. The first-order valence-corrected chi connectivity index (χ1v) is 12.4. The Kier molecular flexibility index (Phi) is 5.95. The van der Waals surface area contributed by atoms with Gasteiger partial charge in [0.05, 0.1) is 12.9 Å². The van der Waals surface area contributed by atoms with Crippen LogP contribution in [0.4, 0.5) is 5.82 Å². The maximum absolute atomic E-state index is 10.4. The summed E-state index contributed by atoms with van der Waals surface area (Å²) in [6, 6.07) is 0. The average molecular weight is 459 g/mol. The molecule has 2 aromatic rings. The number of nitrogen functional groups attached to an aromatic ring is 1. The van der Waals surface area contributed by atoms with Gasteiger partial charge in [-0.25, -0.2) is 15.0 Å². The summed E-state index contributed by atoms with van der Waals surface area (Å²) in [6.45, 7) is -8.68. The van der Waals surface area contributed by atoms with Crippen LogP contribution in [0.1, 0.15) is 6.23 Å². The van der Waals surface area contributed by atoms with E-state index in [1.807, 2.05) is 0 Å². The largest absolute Gasteiger partial charge is 0.387 e. The van der Waals surface area contributed by atoms with E-state index >= 15 is 0 Å². The van der Waals surface area contributed by atoms with Gasteiger partial charge in [0, 0.05) is 0 Å². The number of ether oxygens (including phenoxy) is 1. The molecule has 7 N–H and O–H groups in total. The normalized spacial score (nSPS) is 26.7. The molecule has 13 nitrogen and oxygen atoms in total. The molecular weight excluding hydrogens is 444 g/mol. The predicted octanol–water partition coefficient (Wildman–Crippen LogP) is -1.51. The highest BCUT2D eigenvalue weighted by Gasteiger charge is 2.48. The molecule has 0 aromatic carbocycles. The Bertz CT molecular complexity index is 933. The highest BCUT2D eigenvalue weighted by atomic mass is 32.5. The molecule has 0 aliphatic carbocycles. The number of hydrogen-bond acceptors (Lipinski definition) is 10. The standard InChI is InChI=1S/C10H15N5O8P2S2/c11-8-5-9(13-2-12-8)15(3-14-5)10-7(23-25(19,20)27)6(16)4(22-10)1-21-24(17,18)26/h2-4,6-7,10,16H,1H2,(H2,11,12,13)(H2,17,18,26)(H2,19,20,27)/t4-,6-,7-,10-/m1/s1. The zero-order valence-electron chi connectivity index (χ0n) is 13.2. The third-order valence-corrected chi connectivity index (χ3v) is 5.22. The van der Waals surface area contributed by atoms with E-state index in [4.69, 9.17) is 19.5 Å². The van der Waals surface area contributed by atoms with Gasteiger partial charge in [-0.15, -0.1) is 0 Å². The van der Waals surface area contributed by atoms with Crippen LogP contribution >= 0.6 is 13.4 Å². The van der Waals surface area contributed by atoms with Crippen molar-refractivity contribution in [2.75, 3.05) is 12.3 Å². The van der Waals surface area contributed by atoms with Crippen LogP contribution in [-0.4, -0.2) is 69.1 Å². The highest BCUT2D eigenvalue weighted by Crippen LogP contribution is 2.46. The molecule has 0 amide bonds. The van der Waals surface area contributed by atoms with Gasteiger partial charge in [-0.2, -0.15) is 0 Å². The van der Waals surface area contributed by atoms with Gasteiger partial charge in [-0.3, -0.25) is 9.09 Å². The number of fused-ring (bicyclic) bond motifs is 1. The van der Waals surface area contributed by atoms with Gasteiger partial charge in [0.1, 0.15) is 30.2 Å². The van der Waals surface area contributed by atoms with Crippen LogP contribution in [0.3, 0.4) is 0 Å². The summed E-state index contributed by atoms with van der Waals surface area (Å²) >= 11 is 8.83. The van der Waals surface area contributed by atoms with Crippen molar-refractivity contribution < 1.29 is 38.5 Å². The van der Waals surface area contributed by atoms with E-state index in [1.165, 1.54) is 17.2 Å². The van der Waals surface area contributed by atoms with Crippen molar-refractivity contribution in [3.63, 3.8) is 0 Å². The lowest BCUT2D eigenvalue weighted by Gasteiger charge is -2.23. The van der Waals surface area contributed by atoms with E-state index in [9.17, 15) is 24.7 Å². The number of aliphatic hydroxyl groups excluding tert-OH is 1. The van der Waals surface area contributed by atoms with E-state index < -0.39 is 44.6 Å². The molecule has 1 fully saturated rings.